The highest BCUT2D eigenvalue weighted by atomic mass is 35.5. The average Bonchev–Trinajstić information content (AvgIpc) is 3.50. The lowest BCUT2D eigenvalue weighted by Crippen LogP contribution is -2.30. The molecule has 0 unspecified atom stereocenters. The van der Waals surface area contributed by atoms with Gasteiger partial charge in [0.25, 0.3) is 5.91 Å². The van der Waals surface area contributed by atoms with E-state index in [1.807, 2.05) is 47.8 Å². The number of nitrogens with one attached hydrogen (secondary N) is 1. The summed E-state index contributed by atoms with van der Waals surface area (Å²) < 4.78 is 12.2. The van der Waals surface area contributed by atoms with E-state index in [9.17, 15) is 9.59 Å². The van der Waals surface area contributed by atoms with Crippen LogP contribution in [0.2, 0.25) is 5.02 Å². The molecule has 1 atom stereocenters. The molecule has 33 heavy (non-hydrogen) atoms. The van der Waals surface area contributed by atoms with Gasteiger partial charge in [-0.1, -0.05) is 35.9 Å². The van der Waals surface area contributed by atoms with Gasteiger partial charge in [-0.25, -0.2) is 9.48 Å². The van der Waals surface area contributed by atoms with E-state index in [2.05, 4.69) is 10.4 Å². The molecule has 0 aliphatic rings. The molecule has 4 aromatic rings. The van der Waals surface area contributed by atoms with Crippen molar-refractivity contribution in [3.05, 3.63) is 82.8 Å². The molecule has 2 heterocycles. The molecule has 0 radical (unpaired) electrons. The molecule has 1 amide bonds. The van der Waals surface area contributed by atoms with E-state index in [0.29, 0.717) is 27.8 Å². The topological polar surface area (TPSA) is 82.4 Å². The second-order valence-corrected chi connectivity index (χ2v) is 8.40. The predicted molar refractivity (Wildman–Crippen MR) is 128 cm³/mol. The van der Waals surface area contributed by atoms with Crippen LogP contribution in [0, 0.1) is 0 Å². The Labute approximate surface area is 199 Å². The van der Waals surface area contributed by atoms with Crippen molar-refractivity contribution < 1.29 is 19.1 Å². The molecular weight excluding hydrogens is 462 g/mol. The number of rotatable bonds is 7. The molecule has 0 spiro atoms. The highest BCUT2D eigenvalue weighted by Crippen LogP contribution is 2.28. The van der Waals surface area contributed by atoms with Gasteiger partial charge >= 0.3 is 5.97 Å². The number of anilines is 1. The zero-order valence-corrected chi connectivity index (χ0v) is 19.4. The fourth-order valence-corrected chi connectivity index (χ4v) is 3.98. The summed E-state index contributed by atoms with van der Waals surface area (Å²) in [4.78, 5) is 26.7. The summed E-state index contributed by atoms with van der Waals surface area (Å²) in [5.74, 6) is -0.753. The normalized spacial score (nSPS) is 11.6. The van der Waals surface area contributed by atoms with E-state index >= 15 is 0 Å². The monoisotopic (exact) mass is 481 g/mol. The van der Waals surface area contributed by atoms with Crippen LogP contribution in [0.1, 0.15) is 17.4 Å². The molecule has 168 valence electrons. The van der Waals surface area contributed by atoms with Gasteiger partial charge < -0.3 is 14.8 Å². The third-order valence-electron chi connectivity index (χ3n) is 4.77. The highest BCUT2D eigenvalue weighted by Gasteiger charge is 2.24. The van der Waals surface area contributed by atoms with Gasteiger partial charge in [0.15, 0.2) is 11.8 Å². The maximum absolute atomic E-state index is 13.1. The highest BCUT2D eigenvalue weighted by molar-refractivity contribution is 7.13. The zero-order valence-electron chi connectivity index (χ0n) is 17.8. The molecule has 9 heteroatoms. The molecular formula is C24H20ClN3O4S. The minimum Gasteiger partial charge on any atom is -0.495 e. The Balaban J connectivity index is 1.56. The predicted octanol–water partition coefficient (Wildman–Crippen LogP) is 5.45. The van der Waals surface area contributed by atoms with Crippen LogP contribution in [-0.4, -0.2) is 34.9 Å². The Kier molecular flexibility index (Phi) is 6.76. The summed E-state index contributed by atoms with van der Waals surface area (Å²) in [6.07, 6.45) is -1.08. The minimum atomic E-state index is -1.08. The summed E-state index contributed by atoms with van der Waals surface area (Å²) in [5, 5.41) is 9.65. The van der Waals surface area contributed by atoms with Crippen LogP contribution in [0.15, 0.2) is 72.1 Å². The Morgan fingerprint density at radius 2 is 1.88 bits per heavy atom. The number of nitrogens with zero attached hydrogens (tertiary/aromatic N) is 2. The molecule has 4 rings (SSSR count). The number of carbonyl (C=O) groups excluding carboxylic acids is 2. The second-order valence-electron chi connectivity index (χ2n) is 7.02. The van der Waals surface area contributed by atoms with Gasteiger partial charge in [0.2, 0.25) is 0 Å². The van der Waals surface area contributed by atoms with E-state index in [4.69, 9.17) is 21.1 Å². The van der Waals surface area contributed by atoms with Gasteiger partial charge in [0.05, 0.1) is 23.4 Å². The van der Waals surface area contributed by atoms with E-state index in [1.54, 1.807) is 24.3 Å². The van der Waals surface area contributed by atoms with Crippen molar-refractivity contribution >= 4 is 40.5 Å². The Bertz CT molecular complexity index is 1270. The first-order valence-corrected chi connectivity index (χ1v) is 11.3. The molecule has 0 saturated heterocycles. The lowest BCUT2D eigenvalue weighted by atomic mass is 10.2. The van der Waals surface area contributed by atoms with Crippen LogP contribution in [0.25, 0.3) is 16.3 Å². The first-order valence-electron chi connectivity index (χ1n) is 10.0. The van der Waals surface area contributed by atoms with Gasteiger partial charge in [0, 0.05) is 11.1 Å². The standard InChI is InChI=1S/C24H20ClN3O4S/c1-15(23(29)26-18-13-16(25)10-11-21(18)31-2)32-24(30)20-14-19(22-9-6-12-33-22)27-28(20)17-7-4-3-5-8-17/h3-15H,1-2H3,(H,26,29)/t15-/m0/s1. The van der Waals surface area contributed by atoms with E-state index in [-0.39, 0.29) is 5.69 Å². The van der Waals surface area contributed by atoms with Gasteiger partial charge in [-0.2, -0.15) is 5.10 Å². The SMILES string of the molecule is COc1ccc(Cl)cc1NC(=O)[C@H](C)OC(=O)c1cc(-c2cccs2)nn1-c1ccccc1. The Hall–Kier alpha value is -3.62. The summed E-state index contributed by atoms with van der Waals surface area (Å²) in [6, 6.07) is 19.6. The lowest BCUT2D eigenvalue weighted by molar-refractivity contribution is -0.123. The van der Waals surface area contributed by atoms with Gasteiger partial charge in [-0.05, 0) is 48.7 Å². The van der Waals surface area contributed by atoms with Crippen molar-refractivity contribution in [3.63, 3.8) is 0 Å². The quantitative estimate of drug-likeness (QED) is 0.355. The van der Waals surface area contributed by atoms with Crippen molar-refractivity contribution in [2.24, 2.45) is 0 Å². The number of hydrogen-bond acceptors (Lipinski definition) is 6. The maximum atomic E-state index is 13.1. The minimum absolute atomic E-state index is 0.213. The summed E-state index contributed by atoms with van der Waals surface area (Å²) in [6.45, 7) is 1.49. The van der Waals surface area contributed by atoms with Gasteiger partial charge in [0.1, 0.15) is 11.4 Å². The van der Waals surface area contributed by atoms with Crippen molar-refractivity contribution in [2.45, 2.75) is 13.0 Å². The van der Waals surface area contributed by atoms with Crippen LogP contribution < -0.4 is 10.1 Å². The Morgan fingerprint density at radius 1 is 1.09 bits per heavy atom. The molecule has 0 bridgehead atoms. The number of aromatic nitrogens is 2. The van der Waals surface area contributed by atoms with Crippen molar-refractivity contribution in [1.29, 1.82) is 0 Å². The third kappa shape index (κ3) is 5.08. The van der Waals surface area contributed by atoms with Crippen LogP contribution in [-0.2, 0) is 9.53 Å². The second kappa shape index (κ2) is 9.89. The molecule has 0 aliphatic heterocycles. The number of thiophene rings is 1. The zero-order chi connectivity index (χ0) is 23.4. The number of halogens is 1. The molecule has 0 saturated carbocycles. The molecule has 2 aromatic heterocycles. The van der Waals surface area contributed by atoms with Crippen LogP contribution in [0.5, 0.6) is 5.75 Å². The first kappa shape index (κ1) is 22.6. The maximum Gasteiger partial charge on any atom is 0.357 e. The van der Waals surface area contributed by atoms with E-state index in [0.717, 1.165) is 4.88 Å². The van der Waals surface area contributed by atoms with Crippen molar-refractivity contribution in [2.75, 3.05) is 12.4 Å². The number of para-hydroxylation sites is 1. The van der Waals surface area contributed by atoms with Crippen LogP contribution in [0.4, 0.5) is 5.69 Å². The van der Waals surface area contributed by atoms with E-state index < -0.39 is 18.0 Å². The smallest absolute Gasteiger partial charge is 0.357 e. The number of methoxy groups -OCH3 is 1. The number of amides is 1. The molecule has 0 aliphatic carbocycles. The molecule has 2 aromatic carbocycles. The number of carbonyl (C=O) groups is 2. The lowest BCUT2D eigenvalue weighted by Gasteiger charge is -2.15. The number of benzene rings is 2. The fourth-order valence-electron chi connectivity index (χ4n) is 3.12. The van der Waals surface area contributed by atoms with Crippen LogP contribution >= 0.6 is 22.9 Å². The average molecular weight is 482 g/mol. The van der Waals surface area contributed by atoms with Crippen LogP contribution in [0.3, 0.4) is 0 Å². The van der Waals surface area contributed by atoms with Crippen molar-refractivity contribution in [3.8, 4) is 22.0 Å². The number of hydrogen-bond donors (Lipinski definition) is 1. The summed E-state index contributed by atoms with van der Waals surface area (Å²) >= 11 is 7.54. The first-order chi connectivity index (χ1) is 16.0. The third-order valence-corrected chi connectivity index (χ3v) is 5.89. The summed E-state index contributed by atoms with van der Waals surface area (Å²) in [5.41, 5.74) is 1.94. The van der Waals surface area contributed by atoms with Gasteiger partial charge in [-0.15, -0.1) is 11.3 Å². The van der Waals surface area contributed by atoms with E-state index in [1.165, 1.54) is 30.1 Å². The molecule has 1 N–H and O–H groups in total. The largest absolute Gasteiger partial charge is 0.495 e. The number of ether oxygens (including phenoxy) is 2. The number of esters is 1. The summed E-state index contributed by atoms with van der Waals surface area (Å²) in [7, 11) is 1.48. The fraction of sp³-hybridized carbons (Fsp3) is 0.125. The van der Waals surface area contributed by atoms with Crippen molar-refractivity contribution in [1.82, 2.24) is 9.78 Å². The molecule has 7 nitrogen and oxygen atoms in total. The Morgan fingerprint density at radius 3 is 2.58 bits per heavy atom. The molecule has 0 fully saturated rings. The van der Waals surface area contributed by atoms with Gasteiger partial charge in [-0.3, -0.25) is 4.79 Å².